The summed E-state index contributed by atoms with van der Waals surface area (Å²) in [7, 11) is 0. The molecule has 0 saturated carbocycles. The van der Waals surface area contributed by atoms with Crippen LogP contribution in [0.2, 0.25) is 0 Å². The minimum absolute atomic E-state index is 0.0179. The maximum atomic E-state index is 12.9. The third-order valence-electron chi connectivity index (χ3n) is 8.58. The van der Waals surface area contributed by atoms with Crippen LogP contribution >= 0.6 is 0 Å². The standard InChI is InChI=1S/C28H41NO6/c1-25(2)15-19-7-6-8-20(24(19)35-25)32-17-23(30)29-13-11-28(12-14-29)16-22(33-18-28)27(5)10-9-21(34-27)26(3,4)31/h6-8,21-22,31H,9-18H2,1-5H3/t21-,22-,27+/m0/s1. The molecule has 0 unspecified atom stereocenters. The molecule has 1 N–H and O–H groups in total. The van der Waals surface area contributed by atoms with Crippen molar-refractivity contribution >= 4 is 5.91 Å². The summed E-state index contributed by atoms with van der Waals surface area (Å²) in [6.07, 6.45) is 5.27. The second-order valence-electron chi connectivity index (χ2n) is 12.6. The number of likely N-dealkylation sites (tertiary alicyclic amines) is 1. The molecule has 3 saturated heterocycles. The van der Waals surface area contributed by atoms with Gasteiger partial charge in [0.1, 0.15) is 5.60 Å². The molecule has 0 radical (unpaired) electrons. The summed E-state index contributed by atoms with van der Waals surface area (Å²) in [5.74, 6) is 1.44. The van der Waals surface area contributed by atoms with Crippen LogP contribution in [-0.4, -0.2) is 71.2 Å². The van der Waals surface area contributed by atoms with Crippen molar-refractivity contribution in [2.24, 2.45) is 5.41 Å². The molecular formula is C28H41NO6. The molecule has 1 amide bonds. The molecular weight excluding hydrogens is 446 g/mol. The molecule has 1 aromatic carbocycles. The van der Waals surface area contributed by atoms with Crippen LogP contribution in [0.1, 0.15) is 72.3 Å². The van der Waals surface area contributed by atoms with E-state index in [1.165, 1.54) is 0 Å². The van der Waals surface area contributed by atoms with E-state index in [0.717, 1.165) is 62.9 Å². The zero-order valence-electron chi connectivity index (χ0n) is 21.9. The van der Waals surface area contributed by atoms with Crippen molar-refractivity contribution in [1.82, 2.24) is 4.90 Å². The van der Waals surface area contributed by atoms with Crippen LogP contribution < -0.4 is 9.47 Å². The third kappa shape index (κ3) is 4.92. The lowest BCUT2D eigenvalue weighted by molar-refractivity contribution is -0.155. The van der Waals surface area contributed by atoms with Crippen molar-refractivity contribution in [2.45, 2.75) is 102 Å². The fraction of sp³-hybridized carbons (Fsp3) is 0.750. The quantitative estimate of drug-likeness (QED) is 0.679. The molecule has 0 bridgehead atoms. The first-order chi connectivity index (χ1) is 16.4. The van der Waals surface area contributed by atoms with Crippen molar-refractivity contribution in [2.75, 3.05) is 26.3 Å². The number of nitrogens with zero attached hydrogens (tertiary/aromatic N) is 1. The second-order valence-corrected chi connectivity index (χ2v) is 12.6. The number of carbonyl (C=O) groups is 1. The van der Waals surface area contributed by atoms with Gasteiger partial charge in [0.2, 0.25) is 0 Å². The lowest BCUT2D eigenvalue weighted by Crippen LogP contribution is -2.46. The van der Waals surface area contributed by atoms with Gasteiger partial charge in [-0.05, 0) is 78.2 Å². The van der Waals surface area contributed by atoms with Gasteiger partial charge in [0, 0.05) is 25.1 Å². The predicted octanol–water partition coefficient (Wildman–Crippen LogP) is 3.89. The molecule has 5 rings (SSSR count). The largest absolute Gasteiger partial charge is 0.483 e. The van der Waals surface area contributed by atoms with E-state index < -0.39 is 5.60 Å². The summed E-state index contributed by atoms with van der Waals surface area (Å²) < 4.78 is 24.6. The maximum Gasteiger partial charge on any atom is 0.260 e. The van der Waals surface area contributed by atoms with E-state index in [1.807, 2.05) is 30.9 Å². The lowest BCUT2D eigenvalue weighted by Gasteiger charge is -2.39. The fourth-order valence-corrected chi connectivity index (χ4v) is 6.29. The number of carbonyl (C=O) groups excluding carboxylic acids is 1. The molecule has 1 aromatic rings. The molecule has 1 spiro atoms. The highest BCUT2D eigenvalue weighted by Gasteiger charge is 2.53. The van der Waals surface area contributed by atoms with Gasteiger partial charge in [0.05, 0.1) is 30.0 Å². The molecule has 3 atom stereocenters. The van der Waals surface area contributed by atoms with Crippen LogP contribution in [0.3, 0.4) is 0 Å². The van der Waals surface area contributed by atoms with E-state index >= 15 is 0 Å². The number of rotatable bonds is 5. The van der Waals surface area contributed by atoms with E-state index in [1.54, 1.807) is 0 Å². The fourth-order valence-electron chi connectivity index (χ4n) is 6.29. The second kappa shape index (κ2) is 8.63. The molecule has 194 valence electrons. The maximum absolute atomic E-state index is 12.9. The summed E-state index contributed by atoms with van der Waals surface area (Å²) in [5, 5.41) is 10.4. The Balaban J connectivity index is 1.13. The van der Waals surface area contributed by atoms with Crippen LogP contribution in [0, 0.1) is 5.41 Å². The van der Waals surface area contributed by atoms with Gasteiger partial charge in [-0.25, -0.2) is 0 Å². The van der Waals surface area contributed by atoms with Crippen LogP contribution in [-0.2, 0) is 20.7 Å². The van der Waals surface area contributed by atoms with Gasteiger partial charge in [-0.1, -0.05) is 12.1 Å². The highest BCUT2D eigenvalue weighted by Crippen LogP contribution is 2.49. The normalized spacial score (nSPS) is 31.4. The van der Waals surface area contributed by atoms with E-state index in [0.29, 0.717) is 12.4 Å². The van der Waals surface area contributed by atoms with Gasteiger partial charge in [-0.2, -0.15) is 0 Å². The molecule has 7 heteroatoms. The molecule has 4 aliphatic rings. The molecule has 4 heterocycles. The summed E-state index contributed by atoms with van der Waals surface area (Å²) in [6, 6.07) is 5.90. The highest BCUT2D eigenvalue weighted by molar-refractivity contribution is 5.78. The summed E-state index contributed by atoms with van der Waals surface area (Å²) >= 11 is 0. The number of ether oxygens (including phenoxy) is 4. The number of aliphatic hydroxyl groups is 1. The summed E-state index contributed by atoms with van der Waals surface area (Å²) in [4.78, 5) is 14.9. The molecule has 35 heavy (non-hydrogen) atoms. The van der Waals surface area contributed by atoms with Crippen molar-refractivity contribution < 1.29 is 28.8 Å². The van der Waals surface area contributed by atoms with Crippen LogP contribution in [0.15, 0.2) is 18.2 Å². The Bertz CT molecular complexity index is 961. The minimum atomic E-state index is -0.843. The van der Waals surface area contributed by atoms with Gasteiger partial charge >= 0.3 is 0 Å². The van der Waals surface area contributed by atoms with Crippen LogP contribution in [0.25, 0.3) is 0 Å². The number of hydrogen-bond donors (Lipinski definition) is 1. The monoisotopic (exact) mass is 487 g/mol. The zero-order chi connectivity index (χ0) is 25.1. The lowest BCUT2D eigenvalue weighted by atomic mass is 9.74. The van der Waals surface area contributed by atoms with E-state index in [4.69, 9.17) is 18.9 Å². The number of para-hydroxylation sites is 1. The molecule has 4 aliphatic heterocycles. The van der Waals surface area contributed by atoms with Gasteiger partial charge in [-0.3, -0.25) is 4.79 Å². The molecule has 0 aliphatic carbocycles. The Morgan fingerprint density at radius 1 is 1.20 bits per heavy atom. The predicted molar refractivity (Wildman–Crippen MR) is 132 cm³/mol. The van der Waals surface area contributed by atoms with Crippen LogP contribution in [0.5, 0.6) is 11.5 Å². The van der Waals surface area contributed by atoms with E-state index in [-0.39, 0.29) is 41.3 Å². The van der Waals surface area contributed by atoms with Crippen molar-refractivity contribution in [3.8, 4) is 11.5 Å². The van der Waals surface area contributed by atoms with Crippen LogP contribution in [0.4, 0.5) is 0 Å². The number of benzene rings is 1. The molecule has 3 fully saturated rings. The van der Waals surface area contributed by atoms with Gasteiger partial charge in [0.15, 0.2) is 18.1 Å². The Morgan fingerprint density at radius 3 is 2.63 bits per heavy atom. The number of hydrogen-bond acceptors (Lipinski definition) is 6. The van der Waals surface area contributed by atoms with Crippen molar-refractivity contribution in [3.05, 3.63) is 23.8 Å². The average molecular weight is 488 g/mol. The first kappa shape index (κ1) is 24.8. The smallest absolute Gasteiger partial charge is 0.260 e. The Labute approximate surface area is 209 Å². The number of piperidine rings is 1. The summed E-state index contributed by atoms with van der Waals surface area (Å²) in [6.45, 7) is 12.1. The van der Waals surface area contributed by atoms with E-state index in [2.05, 4.69) is 26.8 Å². The highest BCUT2D eigenvalue weighted by atomic mass is 16.6. The van der Waals surface area contributed by atoms with Gasteiger partial charge in [0.25, 0.3) is 5.91 Å². The van der Waals surface area contributed by atoms with Crippen molar-refractivity contribution in [3.63, 3.8) is 0 Å². The minimum Gasteiger partial charge on any atom is -0.483 e. The molecule has 7 nitrogen and oxygen atoms in total. The first-order valence-corrected chi connectivity index (χ1v) is 13.1. The van der Waals surface area contributed by atoms with Gasteiger partial charge in [-0.15, -0.1) is 0 Å². The first-order valence-electron chi connectivity index (χ1n) is 13.1. The SMILES string of the molecule is CC1(C)Cc2cccc(OCC(=O)N3CCC4(CC3)CO[C@H]([C@@]3(C)CC[C@@H](C(C)(C)O)O3)C4)c2O1. The van der Waals surface area contributed by atoms with Crippen molar-refractivity contribution in [1.29, 1.82) is 0 Å². The Kier molecular flexibility index (Phi) is 6.13. The number of amides is 1. The summed E-state index contributed by atoms with van der Waals surface area (Å²) in [5.41, 5.74) is -0.221. The topological polar surface area (TPSA) is 77.5 Å². The molecule has 0 aromatic heterocycles. The zero-order valence-corrected chi connectivity index (χ0v) is 21.9. The van der Waals surface area contributed by atoms with Gasteiger partial charge < -0.3 is 29.0 Å². The van der Waals surface area contributed by atoms with E-state index in [9.17, 15) is 9.90 Å². The Morgan fingerprint density at radius 2 is 1.94 bits per heavy atom. The third-order valence-corrected chi connectivity index (χ3v) is 8.58. The average Bonchev–Trinajstić information content (AvgIpc) is 3.47. The Hall–Kier alpha value is -1.83. The number of fused-ring (bicyclic) bond motifs is 1.